The van der Waals surface area contributed by atoms with Gasteiger partial charge in [0.15, 0.2) is 0 Å². The van der Waals surface area contributed by atoms with E-state index in [2.05, 4.69) is 25.1 Å². The van der Waals surface area contributed by atoms with Crippen molar-refractivity contribution >= 4 is 0 Å². The zero-order valence-corrected chi connectivity index (χ0v) is 12.2. The minimum Gasteiger partial charge on any atom is -0.494 e. The van der Waals surface area contributed by atoms with Crippen molar-refractivity contribution in [3.05, 3.63) is 29.3 Å². The Hall–Kier alpha value is -1.02. The summed E-state index contributed by atoms with van der Waals surface area (Å²) in [7, 11) is 0. The summed E-state index contributed by atoms with van der Waals surface area (Å²) in [6.07, 6.45) is 10.0. The molecule has 0 radical (unpaired) electrons. The zero-order chi connectivity index (χ0) is 13.5. The Kier molecular flexibility index (Phi) is 5.71. The highest BCUT2D eigenvalue weighted by Crippen LogP contribution is 2.31. The number of unbranched alkanes of at least 4 members (excludes halogenated alkanes) is 5. The van der Waals surface area contributed by atoms with E-state index in [1.54, 1.807) is 0 Å². The smallest absolute Gasteiger partial charge is 0.119 e. The zero-order valence-electron chi connectivity index (χ0n) is 12.2. The van der Waals surface area contributed by atoms with E-state index in [0.717, 1.165) is 25.2 Å². The summed E-state index contributed by atoms with van der Waals surface area (Å²) in [4.78, 5) is 0. The van der Waals surface area contributed by atoms with Crippen molar-refractivity contribution in [3.63, 3.8) is 0 Å². The molecule has 0 heterocycles. The lowest BCUT2D eigenvalue weighted by Gasteiger charge is -2.09. The van der Waals surface area contributed by atoms with Crippen LogP contribution in [0.3, 0.4) is 0 Å². The van der Waals surface area contributed by atoms with Crippen LogP contribution in [0.25, 0.3) is 0 Å². The van der Waals surface area contributed by atoms with Gasteiger partial charge in [0, 0.05) is 6.04 Å². The number of hydrogen-bond donors (Lipinski definition) is 1. The van der Waals surface area contributed by atoms with Crippen LogP contribution >= 0.6 is 0 Å². The number of rotatable bonds is 8. The average Bonchev–Trinajstić information content (AvgIpc) is 2.79. The van der Waals surface area contributed by atoms with E-state index in [1.807, 2.05) is 0 Å². The van der Waals surface area contributed by atoms with E-state index < -0.39 is 0 Å². The van der Waals surface area contributed by atoms with Gasteiger partial charge in [-0.1, -0.05) is 45.1 Å². The summed E-state index contributed by atoms with van der Waals surface area (Å²) in [5, 5.41) is 0. The summed E-state index contributed by atoms with van der Waals surface area (Å²) in [5.41, 5.74) is 8.73. The van der Waals surface area contributed by atoms with Crippen molar-refractivity contribution in [3.8, 4) is 5.75 Å². The highest BCUT2D eigenvalue weighted by Gasteiger charge is 2.18. The number of ether oxygens (including phenoxy) is 1. The van der Waals surface area contributed by atoms with Crippen LogP contribution in [0.4, 0.5) is 0 Å². The summed E-state index contributed by atoms with van der Waals surface area (Å²) >= 11 is 0. The first-order valence-electron chi connectivity index (χ1n) is 7.82. The first-order valence-corrected chi connectivity index (χ1v) is 7.82. The third-order valence-corrected chi connectivity index (χ3v) is 4.01. The largest absolute Gasteiger partial charge is 0.494 e. The molecule has 0 bridgehead atoms. The molecule has 0 aromatic heterocycles. The Morgan fingerprint density at radius 3 is 2.79 bits per heavy atom. The van der Waals surface area contributed by atoms with E-state index >= 15 is 0 Å². The highest BCUT2D eigenvalue weighted by molar-refractivity contribution is 5.40. The highest BCUT2D eigenvalue weighted by atomic mass is 16.5. The molecule has 0 fully saturated rings. The van der Waals surface area contributed by atoms with Crippen molar-refractivity contribution in [1.82, 2.24) is 0 Å². The van der Waals surface area contributed by atoms with Crippen molar-refractivity contribution in [2.75, 3.05) is 6.61 Å². The van der Waals surface area contributed by atoms with Crippen LogP contribution in [-0.4, -0.2) is 6.61 Å². The number of hydrogen-bond acceptors (Lipinski definition) is 2. The van der Waals surface area contributed by atoms with Crippen molar-refractivity contribution in [1.29, 1.82) is 0 Å². The van der Waals surface area contributed by atoms with Crippen LogP contribution in [0, 0.1) is 0 Å². The molecule has 0 saturated carbocycles. The minimum absolute atomic E-state index is 0.239. The van der Waals surface area contributed by atoms with Gasteiger partial charge in [-0.25, -0.2) is 0 Å². The van der Waals surface area contributed by atoms with E-state index in [4.69, 9.17) is 10.5 Å². The molecule has 1 aromatic rings. The molecule has 0 amide bonds. The van der Waals surface area contributed by atoms with Gasteiger partial charge in [0.1, 0.15) is 5.75 Å². The summed E-state index contributed by atoms with van der Waals surface area (Å²) in [6.45, 7) is 3.10. The Bertz CT molecular complexity index is 389. The van der Waals surface area contributed by atoms with Crippen molar-refractivity contribution in [2.45, 2.75) is 64.3 Å². The molecule has 0 aliphatic heterocycles. The van der Waals surface area contributed by atoms with Crippen LogP contribution in [0.15, 0.2) is 18.2 Å². The van der Waals surface area contributed by atoms with Gasteiger partial charge >= 0.3 is 0 Å². The van der Waals surface area contributed by atoms with Gasteiger partial charge in [-0.3, -0.25) is 0 Å². The van der Waals surface area contributed by atoms with Gasteiger partial charge in [0.2, 0.25) is 0 Å². The van der Waals surface area contributed by atoms with Crippen LogP contribution in [0.2, 0.25) is 0 Å². The van der Waals surface area contributed by atoms with Gasteiger partial charge in [-0.2, -0.15) is 0 Å². The fourth-order valence-electron chi connectivity index (χ4n) is 2.79. The third kappa shape index (κ3) is 4.24. The molecular formula is C17H27NO. The minimum atomic E-state index is 0.239. The molecule has 106 valence electrons. The number of aryl methyl sites for hydroxylation is 1. The molecule has 0 spiro atoms. The van der Waals surface area contributed by atoms with E-state index in [-0.39, 0.29) is 6.04 Å². The Morgan fingerprint density at radius 1 is 1.16 bits per heavy atom. The van der Waals surface area contributed by atoms with E-state index in [0.29, 0.717) is 0 Å². The summed E-state index contributed by atoms with van der Waals surface area (Å²) < 4.78 is 5.83. The van der Waals surface area contributed by atoms with Crippen molar-refractivity contribution in [2.24, 2.45) is 5.73 Å². The predicted octanol–water partition coefficient (Wildman–Crippen LogP) is 4.37. The maximum absolute atomic E-state index is 6.04. The SMILES string of the molecule is CCCCCCCCOc1ccc2c(c1)CCC2N. The summed E-state index contributed by atoms with van der Waals surface area (Å²) in [6, 6.07) is 6.63. The van der Waals surface area contributed by atoms with Crippen LogP contribution in [-0.2, 0) is 6.42 Å². The molecule has 0 saturated heterocycles. The molecule has 2 nitrogen and oxygen atoms in total. The van der Waals surface area contributed by atoms with Crippen LogP contribution < -0.4 is 10.5 Å². The second kappa shape index (κ2) is 7.54. The molecule has 1 aliphatic carbocycles. The fourth-order valence-corrected chi connectivity index (χ4v) is 2.79. The topological polar surface area (TPSA) is 35.2 Å². The lowest BCUT2D eigenvalue weighted by atomic mass is 10.1. The van der Waals surface area contributed by atoms with Gasteiger partial charge in [-0.15, -0.1) is 0 Å². The number of benzene rings is 1. The monoisotopic (exact) mass is 261 g/mol. The molecular weight excluding hydrogens is 234 g/mol. The maximum atomic E-state index is 6.04. The fraction of sp³-hybridized carbons (Fsp3) is 0.647. The summed E-state index contributed by atoms with van der Waals surface area (Å²) in [5.74, 6) is 1.02. The van der Waals surface area contributed by atoms with Gasteiger partial charge in [-0.05, 0) is 42.5 Å². The van der Waals surface area contributed by atoms with Gasteiger partial charge in [0.25, 0.3) is 0 Å². The molecule has 1 aliphatic rings. The van der Waals surface area contributed by atoms with E-state index in [9.17, 15) is 0 Å². The second-order valence-corrected chi connectivity index (χ2v) is 5.62. The molecule has 19 heavy (non-hydrogen) atoms. The van der Waals surface area contributed by atoms with Crippen LogP contribution in [0.5, 0.6) is 5.75 Å². The average molecular weight is 261 g/mol. The molecule has 1 aromatic carbocycles. The first-order chi connectivity index (χ1) is 9.31. The molecule has 1 unspecified atom stereocenters. The van der Waals surface area contributed by atoms with Crippen molar-refractivity contribution < 1.29 is 4.74 Å². The van der Waals surface area contributed by atoms with Crippen LogP contribution in [0.1, 0.15) is 69.0 Å². The first kappa shape index (κ1) is 14.4. The van der Waals surface area contributed by atoms with Gasteiger partial charge in [0.05, 0.1) is 6.61 Å². The third-order valence-electron chi connectivity index (χ3n) is 4.01. The molecule has 2 heteroatoms. The lowest BCUT2D eigenvalue weighted by Crippen LogP contribution is -2.05. The normalized spacial score (nSPS) is 17.5. The van der Waals surface area contributed by atoms with E-state index in [1.165, 1.54) is 49.7 Å². The lowest BCUT2D eigenvalue weighted by molar-refractivity contribution is 0.304. The second-order valence-electron chi connectivity index (χ2n) is 5.62. The molecule has 2 N–H and O–H groups in total. The molecule has 2 rings (SSSR count). The predicted molar refractivity (Wildman–Crippen MR) is 80.6 cm³/mol. The number of fused-ring (bicyclic) bond motifs is 1. The Balaban J connectivity index is 1.67. The standard InChI is InChI=1S/C17H27NO/c1-2-3-4-5-6-7-12-19-15-9-10-16-14(13-15)8-11-17(16)18/h9-10,13,17H,2-8,11-12,18H2,1H3. The molecule has 1 atom stereocenters. The Labute approximate surface area is 117 Å². The maximum Gasteiger partial charge on any atom is 0.119 e. The quantitative estimate of drug-likeness (QED) is 0.705. The van der Waals surface area contributed by atoms with Gasteiger partial charge < -0.3 is 10.5 Å². The Morgan fingerprint density at radius 2 is 1.95 bits per heavy atom. The number of nitrogens with two attached hydrogens (primary N) is 1.